The van der Waals surface area contributed by atoms with Crippen molar-refractivity contribution in [3.05, 3.63) is 6.20 Å². The third kappa shape index (κ3) is 3.11. The molecule has 0 aromatic carbocycles. The summed E-state index contributed by atoms with van der Waals surface area (Å²) in [4.78, 5) is 8.26. The lowest BCUT2D eigenvalue weighted by Gasteiger charge is -2.32. The summed E-state index contributed by atoms with van der Waals surface area (Å²) in [7, 11) is 1.17. The van der Waals surface area contributed by atoms with Crippen molar-refractivity contribution in [2.45, 2.75) is 38.9 Å². The quantitative estimate of drug-likeness (QED) is 0.823. The van der Waals surface area contributed by atoms with Gasteiger partial charge in [0, 0.05) is 18.7 Å². The zero-order valence-electron chi connectivity index (χ0n) is 13.1. The van der Waals surface area contributed by atoms with Crippen molar-refractivity contribution in [3.8, 4) is 6.01 Å². The van der Waals surface area contributed by atoms with Gasteiger partial charge in [-0.05, 0) is 27.7 Å². The molecule has 0 bridgehead atoms. The molecule has 0 atom stereocenters. The number of ether oxygens (including phenoxy) is 1. The molecule has 2 rings (SSSR count). The van der Waals surface area contributed by atoms with E-state index in [-0.39, 0.29) is 12.6 Å². The summed E-state index contributed by atoms with van der Waals surface area (Å²) >= 11 is 0. The fourth-order valence-corrected chi connectivity index (χ4v) is 1.92. The highest BCUT2D eigenvalue weighted by atomic mass is 19.1. The zero-order valence-corrected chi connectivity index (χ0v) is 13.1. The van der Waals surface area contributed by atoms with Gasteiger partial charge in [-0.25, -0.2) is 9.37 Å². The minimum atomic E-state index is -0.586. The lowest BCUT2D eigenvalue weighted by Crippen LogP contribution is -2.41. The molecule has 0 unspecified atom stereocenters. The van der Waals surface area contributed by atoms with Crippen molar-refractivity contribution >= 4 is 18.4 Å². The van der Waals surface area contributed by atoms with E-state index in [4.69, 9.17) is 14.0 Å². The lowest BCUT2D eigenvalue weighted by molar-refractivity contribution is 0.00578. The van der Waals surface area contributed by atoms with Crippen molar-refractivity contribution in [2.24, 2.45) is 0 Å². The van der Waals surface area contributed by atoms with E-state index < -0.39 is 25.0 Å². The van der Waals surface area contributed by atoms with Crippen molar-refractivity contribution < 1.29 is 18.4 Å². The molecule has 1 aromatic heterocycles. The van der Waals surface area contributed by atoms with Gasteiger partial charge in [-0.1, -0.05) is 0 Å². The van der Waals surface area contributed by atoms with E-state index >= 15 is 0 Å². The minimum absolute atomic E-state index is 0.0704. The normalized spacial score (nSPS) is 19.6. The maximum atomic E-state index is 12.1. The van der Waals surface area contributed by atoms with Crippen molar-refractivity contribution in [1.82, 2.24) is 9.97 Å². The molecule has 21 heavy (non-hydrogen) atoms. The van der Waals surface area contributed by atoms with E-state index in [0.717, 1.165) is 0 Å². The number of anilines is 1. The number of nitrogens with zero attached hydrogens (tertiary/aromatic N) is 2. The molecule has 0 aliphatic carbocycles. The Bertz CT molecular complexity index is 497. The zero-order chi connectivity index (χ0) is 15.7. The number of alkyl halides is 1. The maximum Gasteiger partial charge on any atom is 0.500 e. The van der Waals surface area contributed by atoms with E-state index in [0.29, 0.717) is 11.3 Å². The van der Waals surface area contributed by atoms with Crippen molar-refractivity contribution in [3.63, 3.8) is 0 Å². The maximum absolute atomic E-state index is 12.1. The smallest absolute Gasteiger partial charge is 0.461 e. The van der Waals surface area contributed by atoms with Crippen LogP contribution >= 0.6 is 0 Å². The summed E-state index contributed by atoms with van der Waals surface area (Å²) < 4.78 is 29.1. The van der Waals surface area contributed by atoms with Gasteiger partial charge in [0.1, 0.15) is 19.1 Å². The molecule has 1 aliphatic rings. The van der Waals surface area contributed by atoms with Gasteiger partial charge in [0.25, 0.3) is 0 Å². The molecule has 0 amide bonds. The molecule has 6 nitrogen and oxygen atoms in total. The average Bonchev–Trinajstić information content (AvgIpc) is 2.64. The molecule has 1 aromatic rings. The Morgan fingerprint density at radius 3 is 2.43 bits per heavy atom. The van der Waals surface area contributed by atoms with Crippen LogP contribution in [0.4, 0.5) is 10.2 Å². The average molecular weight is 297 g/mol. The first kappa shape index (κ1) is 16.0. The summed E-state index contributed by atoms with van der Waals surface area (Å²) in [5.41, 5.74) is -0.193. The lowest BCUT2D eigenvalue weighted by atomic mass is 9.80. The molecule has 0 radical (unpaired) electrons. The highest BCUT2D eigenvalue weighted by Crippen LogP contribution is 2.36. The van der Waals surface area contributed by atoms with Crippen molar-refractivity contribution in [1.29, 1.82) is 0 Å². The Morgan fingerprint density at radius 2 is 1.90 bits per heavy atom. The first-order valence-corrected chi connectivity index (χ1v) is 6.90. The first-order valence-electron chi connectivity index (χ1n) is 6.90. The van der Waals surface area contributed by atoms with Gasteiger partial charge in [0.2, 0.25) is 0 Å². The number of halogens is 1. The van der Waals surface area contributed by atoms with E-state index in [1.807, 2.05) is 27.7 Å². The topological polar surface area (TPSA) is 65.5 Å². The second-order valence-corrected chi connectivity index (χ2v) is 5.83. The van der Waals surface area contributed by atoms with Crippen LogP contribution in [0, 0.1) is 0 Å². The molecule has 1 fully saturated rings. The first-order chi connectivity index (χ1) is 9.80. The van der Waals surface area contributed by atoms with Gasteiger partial charge in [-0.2, -0.15) is 4.98 Å². The van der Waals surface area contributed by atoms with Gasteiger partial charge < -0.3 is 19.4 Å². The second kappa shape index (κ2) is 5.77. The minimum Gasteiger partial charge on any atom is -0.461 e. The molecule has 0 saturated carbocycles. The van der Waals surface area contributed by atoms with Crippen LogP contribution in [0.15, 0.2) is 6.20 Å². The van der Waals surface area contributed by atoms with Crippen molar-refractivity contribution in [2.75, 3.05) is 25.6 Å². The van der Waals surface area contributed by atoms with Crippen LogP contribution < -0.4 is 15.5 Å². The molecule has 2 heterocycles. The fraction of sp³-hybridized carbons (Fsp3) is 0.692. The van der Waals surface area contributed by atoms with Gasteiger partial charge >= 0.3 is 13.1 Å². The highest BCUT2D eigenvalue weighted by molar-refractivity contribution is 6.63. The van der Waals surface area contributed by atoms with Gasteiger partial charge in [0.05, 0.1) is 11.2 Å². The Balaban J connectivity index is 2.25. The third-order valence-electron chi connectivity index (χ3n) is 3.85. The number of rotatable bonds is 5. The summed E-state index contributed by atoms with van der Waals surface area (Å²) in [6, 6.07) is 0.122. The molecule has 1 saturated heterocycles. The standard InChI is InChI=1S/C13H21BFN3O3/c1-12(2)13(3,4)21-14(20-12)9-8-17-11(19-7-6-15)18-10(9)16-5/h8H,6-7H2,1-5H3,(H,16,17,18). The van der Waals surface area contributed by atoms with Crippen LogP contribution in [0.1, 0.15) is 27.7 Å². The highest BCUT2D eigenvalue weighted by Gasteiger charge is 2.52. The monoisotopic (exact) mass is 297 g/mol. The molecular formula is C13H21BFN3O3. The van der Waals surface area contributed by atoms with Gasteiger partial charge in [-0.15, -0.1) is 0 Å². The number of hydrogen-bond acceptors (Lipinski definition) is 6. The predicted octanol–water partition coefficient (Wildman–Crippen LogP) is 1.17. The summed E-state index contributed by atoms with van der Waals surface area (Å²) in [6.07, 6.45) is 1.58. The van der Waals surface area contributed by atoms with E-state index in [1.165, 1.54) is 0 Å². The molecule has 1 N–H and O–H groups in total. The Kier molecular flexibility index (Phi) is 4.39. The SMILES string of the molecule is CNc1nc(OCCF)ncc1B1OC(C)(C)C(C)(C)O1. The summed E-state index contributed by atoms with van der Waals surface area (Å²) in [6.45, 7) is 7.25. The van der Waals surface area contributed by atoms with Crippen LogP contribution in [0.2, 0.25) is 0 Å². The summed E-state index contributed by atoms with van der Waals surface area (Å²) in [5.74, 6) is 0.539. The number of aromatic nitrogens is 2. The third-order valence-corrected chi connectivity index (χ3v) is 3.85. The van der Waals surface area contributed by atoms with Crippen LogP contribution in [-0.4, -0.2) is 48.6 Å². The largest absolute Gasteiger partial charge is 0.500 e. The predicted molar refractivity (Wildman–Crippen MR) is 78.8 cm³/mol. The van der Waals surface area contributed by atoms with Crippen LogP contribution in [0.3, 0.4) is 0 Å². The number of hydrogen-bond donors (Lipinski definition) is 1. The Labute approximate surface area is 124 Å². The summed E-state index contributed by atoms with van der Waals surface area (Å²) in [5, 5.41) is 2.96. The molecular weight excluding hydrogens is 276 g/mol. The van der Waals surface area contributed by atoms with Crippen LogP contribution in [-0.2, 0) is 9.31 Å². The molecule has 8 heteroatoms. The second-order valence-electron chi connectivity index (χ2n) is 5.83. The van der Waals surface area contributed by atoms with Gasteiger partial charge in [-0.3, -0.25) is 0 Å². The van der Waals surface area contributed by atoms with Crippen LogP contribution in [0.25, 0.3) is 0 Å². The number of nitrogens with one attached hydrogen (secondary N) is 1. The Morgan fingerprint density at radius 1 is 1.29 bits per heavy atom. The van der Waals surface area contributed by atoms with Crippen LogP contribution in [0.5, 0.6) is 6.01 Å². The molecule has 1 aliphatic heterocycles. The Hall–Kier alpha value is -1.41. The fourth-order valence-electron chi connectivity index (χ4n) is 1.92. The molecule has 116 valence electrons. The molecule has 0 spiro atoms. The van der Waals surface area contributed by atoms with Gasteiger partial charge in [0.15, 0.2) is 0 Å². The van der Waals surface area contributed by atoms with E-state index in [9.17, 15) is 4.39 Å². The van der Waals surface area contributed by atoms with E-state index in [2.05, 4.69) is 15.3 Å². The van der Waals surface area contributed by atoms with E-state index in [1.54, 1.807) is 13.2 Å².